The van der Waals surface area contributed by atoms with Crippen molar-refractivity contribution in [2.75, 3.05) is 12.4 Å². The normalized spacial score (nSPS) is 9.08. The van der Waals surface area contributed by atoms with Gasteiger partial charge in [0.05, 0.1) is 7.11 Å². The van der Waals surface area contributed by atoms with E-state index in [1.807, 2.05) is 30.3 Å². The Balaban J connectivity index is 2.47. The van der Waals surface area contributed by atoms with E-state index < -0.39 is 0 Å². The number of hydrogen-bond acceptors (Lipinski definition) is 2. The van der Waals surface area contributed by atoms with Gasteiger partial charge in [0.2, 0.25) is 5.11 Å². The van der Waals surface area contributed by atoms with Gasteiger partial charge in [0, 0.05) is 5.69 Å². The average Bonchev–Trinajstić information content (AvgIpc) is 2.06. The van der Waals surface area contributed by atoms with Crippen LogP contribution in [-0.2, 0) is 4.84 Å². The first kappa shape index (κ1) is 8.96. The van der Waals surface area contributed by atoms with E-state index in [1.54, 1.807) is 0 Å². The van der Waals surface area contributed by atoms with Crippen molar-refractivity contribution >= 4 is 23.0 Å². The van der Waals surface area contributed by atoms with E-state index in [9.17, 15) is 0 Å². The molecule has 63 valence electrons. The van der Waals surface area contributed by atoms with Crippen molar-refractivity contribution in [1.82, 2.24) is 5.48 Å². The second kappa shape index (κ2) is 4.69. The average molecular weight is 181 g/mol. The largest absolute Gasteiger partial charge is 0.329 e. The van der Waals surface area contributed by atoms with Crippen LogP contribution in [0.1, 0.15) is 0 Å². The van der Waals surface area contributed by atoms with Crippen LogP contribution in [0.5, 0.6) is 0 Å². The zero-order valence-corrected chi connectivity index (χ0v) is 7.47. The molecule has 1 rings (SSSR count). The zero-order valence-electron chi connectivity index (χ0n) is 6.65. The lowest BCUT2D eigenvalue weighted by Crippen LogP contribution is -2.20. The number of para-hydroxylation sites is 1. The molecular weight excluding hydrogens is 172 g/mol. The first-order valence-electron chi connectivity index (χ1n) is 3.43. The minimum atomic E-state index is 0.323. The van der Waals surface area contributed by atoms with Crippen LogP contribution in [0, 0.1) is 0 Å². The summed E-state index contributed by atoms with van der Waals surface area (Å²) in [4.78, 5) is 4.50. The van der Waals surface area contributed by atoms with Gasteiger partial charge in [-0.15, -0.1) is 5.48 Å². The van der Waals surface area contributed by atoms with Crippen molar-refractivity contribution in [2.24, 2.45) is 0 Å². The third-order valence-electron chi connectivity index (χ3n) is 1.20. The molecule has 0 aliphatic heterocycles. The van der Waals surface area contributed by atoms with Gasteiger partial charge in [-0.1, -0.05) is 18.2 Å². The molecular formula is C8H9N2OS. The summed E-state index contributed by atoms with van der Waals surface area (Å²) in [5.41, 5.74) is 4.45. The lowest BCUT2D eigenvalue weighted by Gasteiger charge is -2.04. The van der Waals surface area contributed by atoms with E-state index in [0.29, 0.717) is 5.11 Å². The summed E-state index contributed by atoms with van der Waals surface area (Å²) in [5, 5.41) is 3.21. The lowest BCUT2D eigenvalue weighted by molar-refractivity contribution is 0.138. The minimum absolute atomic E-state index is 0.323. The predicted octanol–water partition coefficient (Wildman–Crippen LogP) is 1.55. The van der Waals surface area contributed by atoms with Gasteiger partial charge in [0.1, 0.15) is 0 Å². The Morgan fingerprint density at radius 3 is 2.67 bits per heavy atom. The zero-order chi connectivity index (χ0) is 8.81. The molecule has 0 aliphatic carbocycles. The van der Waals surface area contributed by atoms with E-state index in [2.05, 4.69) is 15.6 Å². The molecule has 3 nitrogen and oxygen atoms in total. The van der Waals surface area contributed by atoms with Gasteiger partial charge in [-0.25, -0.2) is 0 Å². The van der Waals surface area contributed by atoms with Crippen LogP contribution in [0.2, 0.25) is 0 Å². The van der Waals surface area contributed by atoms with E-state index >= 15 is 0 Å². The van der Waals surface area contributed by atoms with E-state index in [0.717, 1.165) is 5.69 Å². The van der Waals surface area contributed by atoms with E-state index in [1.165, 1.54) is 7.11 Å². The first-order chi connectivity index (χ1) is 5.83. The van der Waals surface area contributed by atoms with Gasteiger partial charge in [-0.05, 0) is 24.4 Å². The number of nitrogens with zero attached hydrogens (tertiary/aromatic N) is 1. The fourth-order valence-corrected chi connectivity index (χ4v) is 0.943. The number of anilines is 1. The third kappa shape index (κ3) is 2.86. The molecule has 0 fully saturated rings. The Morgan fingerprint density at radius 2 is 2.08 bits per heavy atom. The van der Waals surface area contributed by atoms with Crippen LogP contribution in [0.25, 0.3) is 0 Å². The summed E-state index contributed by atoms with van der Waals surface area (Å²) < 4.78 is 0. The number of hydrogen-bond donors (Lipinski definition) is 1. The molecule has 0 aliphatic rings. The molecule has 1 N–H and O–H groups in total. The first-order valence-corrected chi connectivity index (χ1v) is 3.84. The quantitative estimate of drug-likeness (QED) is 0.555. The highest BCUT2D eigenvalue weighted by Crippen LogP contribution is 2.04. The van der Waals surface area contributed by atoms with Crippen molar-refractivity contribution in [3.63, 3.8) is 0 Å². The Bertz CT molecular complexity index is 250. The maximum Gasteiger partial charge on any atom is 0.223 e. The number of thiocarbonyl (C=S) groups is 1. The van der Waals surface area contributed by atoms with Crippen LogP contribution in [-0.4, -0.2) is 12.2 Å². The van der Waals surface area contributed by atoms with Crippen LogP contribution in [0.15, 0.2) is 30.3 Å². The summed E-state index contributed by atoms with van der Waals surface area (Å²) in [6, 6.07) is 9.56. The van der Waals surface area contributed by atoms with Gasteiger partial charge in [0.25, 0.3) is 0 Å². The highest BCUT2D eigenvalue weighted by Gasteiger charge is 1.95. The van der Waals surface area contributed by atoms with Gasteiger partial charge in [0.15, 0.2) is 0 Å². The van der Waals surface area contributed by atoms with Gasteiger partial charge < -0.3 is 5.32 Å². The molecule has 0 aromatic heterocycles. The molecule has 0 heterocycles. The molecule has 4 heteroatoms. The Labute approximate surface area is 76.7 Å². The molecule has 0 unspecified atom stereocenters. The molecule has 1 aromatic carbocycles. The smallest absolute Gasteiger partial charge is 0.223 e. The summed E-state index contributed by atoms with van der Waals surface area (Å²) in [6.07, 6.45) is 0. The lowest BCUT2D eigenvalue weighted by atomic mass is 10.3. The highest BCUT2D eigenvalue weighted by atomic mass is 32.1. The molecule has 0 saturated heterocycles. The predicted molar refractivity (Wildman–Crippen MR) is 51.8 cm³/mol. The second-order valence-corrected chi connectivity index (χ2v) is 2.46. The van der Waals surface area contributed by atoms with Crippen LogP contribution < -0.4 is 10.8 Å². The number of nitrogens with one attached hydrogen (secondary N) is 1. The fraction of sp³-hybridized carbons (Fsp3) is 0.125. The van der Waals surface area contributed by atoms with Gasteiger partial charge in [-0.3, -0.25) is 4.84 Å². The van der Waals surface area contributed by atoms with Crippen LogP contribution in [0.3, 0.4) is 0 Å². The molecule has 0 saturated carbocycles. The molecule has 0 amide bonds. The summed E-state index contributed by atoms with van der Waals surface area (Å²) in [6.45, 7) is 0. The Hall–Kier alpha value is -1.13. The van der Waals surface area contributed by atoms with Crippen molar-refractivity contribution in [2.45, 2.75) is 0 Å². The Morgan fingerprint density at radius 1 is 1.42 bits per heavy atom. The van der Waals surface area contributed by atoms with E-state index in [-0.39, 0.29) is 0 Å². The molecule has 0 spiro atoms. The topological polar surface area (TPSA) is 35.4 Å². The summed E-state index contributed by atoms with van der Waals surface area (Å²) >= 11 is 4.83. The van der Waals surface area contributed by atoms with Gasteiger partial charge >= 0.3 is 0 Å². The fourth-order valence-electron chi connectivity index (χ4n) is 0.751. The second-order valence-electron chi connectivity index (χ2n) is 2.07. The van der Waals surface area contributed by atoms with Crippen LogP contribution in [0.4, 0.5) is 5.69 Å². The van der Waals surface area contributed by atoms with Crippen LogP contribution >= 0.6 is 12.2 Å². The summed E-state index contributed by atoms with van der Waals surface area (Å²) in [5.74, 6) is 0. The Kier molecular flexibility index (Phi) is 3.50. The maximum atomic E-state index is 4.83. The number of benzene rings is 1. The minimum Gasteiger partial charge on any atom is -0.329 e. The summed E-state index contributed by atoms with van der Waals surface area (Å²) in [7, 11) is 1.46. The monoisotopic (exact) mass is 181 g/mol. The SMILES string of the molecule is CO[N]C(=S)Nc1ccccc1. The molecule has 1 radical (unpaired) electrons. The number of rotatable bonds is 2. The standard InChI is InChI=1S/C8H9N2OS/c1-11-10-8(12)9-7-5-3-2-4-6-7/h2-6H,1H3,(H,9,12). The van der Waals surface area contributed by atoms with Crippen molar-refractivity contribution in [3.8, 4) is 0 Å². The van der Waals surface area contributed by atoms with Crippen molar-refractivity contribution < 1.29 is 4.84 Å². The molecule has 0 bridgehead atoms. The maximum absolute atomic E-state index is 4.83. The highest BCUT2D eigenvalue weighted by molar-refractivity contribution is 7.80. The molecule has 0 atom stereocenters. The third-order valence-corrected chi connectivity index (χ3v) is 1.38. The van der Waals surface area contributed by atoms with E-state index in [4.69, 9.17) is 12.2 Å². The van der Waals surface area contributed by atoms with Crippen molar-refractivity contribution in [1.29, 1.82) is 0 Å². The van der Waals surface area contributed by atoms with Gasteiger partial charge in [-0.2, -0.15) is 0 Å². The number of hydroxylamine groups is 1. The molecule has 12 heavy (non-hydrogen) atoms. The molecule has 1 aromatic rings. The van der Waals surface area contributed by atoms with Crippen molar-refractivity contribution in [3.05, 3.63) is 30.3 Å².